The first-order valence-electron chi connectivity index (χ1n) is 16.0. The molecule has 1 aliphatic carbocycles. The predicted octanol–water partition coefficient (Wildman–Crippen LogP) is 9.85. The molecule has 7 rings (SSSR count). The number of benzene rings is 6. The van der Waals surface area contributed by atoms with E-state index in [1.54, 1.807) is 79.7 Å². The van der Waals surface area contributed by atoms with E-state index in [0.717, 1.165) is 10.4 Å². The van der Waals surface area contributed by atoms with Crippen molar-refractivity contribution in [2.75, 3.05) is 4.81 Å². The molecule has 0 saturated heterocycles. The van der Waals surface area contributed by atoms with Gasteiger partial charge in [-0.25, -0.2) is 43.9 Å². The molecule has 0 aliphatic heterocycles. The van der Waals surface area contributed by atoms with E-state index < -0.39 is 82.0 Å². The minimum Gasteiger partial charge on any atom is -0.395 e. The fourth-order valence-corrected chi connectivity index (χ4v) is 6.69. The van der Waals surface area contributed by atoms with Crippen molar-refractivity contribution in [3.8, 4) is 11.1 Å². The largest absolute Gasteiger partial charge is 0.395 e. The first-order chi connectivity index (χ1) is 25.3. The van der Waals surface area contributed by atoms with Gasteiger partial charge in [-0.2, -0.15) is 0 Å². The highest BCUT2D eigenvalue weighted by Gasteiger charge is 2.48. The Hall–Kier alpha value is -5.85. The number of halogens is 10. The number of hydrogen-bond acceptors (Lipinski definition) is 2. The molecular weight excluding hydrogens is 709 g/mol. The van der Waals surface area contributed by atoms with E-state index in [4.69, 9.17) is 4.99 Å². The molecule has 13 heteroatoms. The van der Waals surface area contributed by atoms with Crippen LogP contribution in [0.3, 0.4) is 0 Å². The van der Waals surface area contributed by atoms with Crippen LogP contribution in [0, 0.1) is 72.0 Å². The average molecular weight is 732 g/mol. The number of fused-ring (bicyclic) bond motifs is 3. The molecule has 0 saturated carbocycles. The molecule has 0 N–H and O–H groups in total. The Kier molecular flexibility index (Phi) is 9.13. The van der Waals surface area contributed by atoms with Crippen LogP contribution >= 0.6 is 0 Å². The maximum Gasteiger partial charge on any atom is 0.337 e. The van der Waals surface area contributed by atoms with Crippen LogP contribution in [-0.4, -0.2) is 12.6 Å². The lowest BCUT2D eigenvalue weighted by atomic mass is 9.47. The molecule has 0 spiro atoms. The lowest BCUT2D eigenvalue weighted by molar-refractivity contribution is 0.382. The standard InChI is InChI=1S/C40H23BF10N2/c1-19-11-15-21(16-12-19)52-39-25-9-5-3-7-23(25)24-8-4-6-10-26(24)40(39)53(22-17-13-20(2)14-18-22)41(27-29(42)33(46)37(50)34(47)30(27)43)28-31(44)35(48)38(51)36(49)32(28)45/h3-18,40H,1-2H3. The van der Waals surface area contributed by atoms with Gasteiger partial charge >= 0.3 is 6.85 Å². The molecule has 2 nitrogen and oxygen atoms in total. The second kappa shape index (κ2) is 13.6. The average Bonchev–Trinajstić information content (AvgIpc) is 3.17. The van der Waals surface area contributed by atoms with Gasteiger partial charge in [-0.15, -0.1) is 0 Å². The zero-order valence-corrected chi connectivity index (χ0v) is 27.6. The zero-order chi connectivity index (χ0) is 37.9. The van der Waals surface area contributed by atoms with E-state index in [1.165, 1.54) is 24.3 Å². The number of rotatable bonds is 6. The molecule has 0 heterocycles. The molecule has 1 unspecified atom stereocenters. The third-order valence-corrected chi connectivity index (χ3v) is 9.21. The van der Waals surface area contributed by atoms with Crippen LogP contribution in [0.25, 0.3) is 11.1 Å². The third-order valence-electron chi connectivity index (χ3n) is 9.21. The highest BCUT2D eigenvalue weighted by Crippen LogP contribution is 2.45. The topological polar surface area (TPSA) is 15.6 Å². The molecule has 0 radical (unpaired) electrons. The van der Waals surface area contributed by atoms with E-state index in [9.17, 15) is 8.78 Å². The maximum absolute atomic E-state index is 16.1. The summed E-state index contributed by atoms with van der Waals surface area (Å²) in [5.74, 6) is -25.4. The van der Waals surface area contributed by atoms with Gasteiger partial charge in [-0.1, -0.05) is 83.9 Å². The lowest BCUT2D eigenvalue weighted by Gasteiger charge is -2.43. The van der Waals surface area contributed by atoms with Gasteiger partial charge in [0.15, 0.2) is 58.2 Å². The fraction of sp³-hybridized carbons (Fsp3) is 0.0750. The number of aliphatic imine (C=N–C) groups is 1. The fourth-order valence-electron chi connectivity index (χ4n) is 6.69. The molecule has 1 aliphatic rings. The first-order valence-corrected chi connectivity index (χ1v) is 16.0. The van der Waals surface area contributed by atoms with Crippen molar-refractivity contribution in [2.45, 2.75) is 19.9 Å². The molecule has 0 fully saturated rings. The van der Waals surface area contributed by atoms with Gasteiger partial charge in [-0.05, 0) is 54.8 Å². The molecule has 0 bridgehead atoms. The highest BCUT2D eigenvalue weighted by molar-refractivity contribution is 6.88. The predicted molar refractivity (Wildman–Crippen MR) is 183 cm³/mol. The summed E-state index contributed by atoms with van der Waals surface area (Å²) in [6, 6.07) is 24.1. The second-order valence-corrected chi connectivity index (χ2v) is 12.5. The van der Waals surface area contributed by atoms with E-state index in [1.807, 2.05) is 6.92 Å². The van der Waals surface area contributed by atoms with Gasteiger partial charge in [0, 0.05) is 22.2 Å². The van der Waals surface area contributed by atoms with Crippen molar-refractivity contribution in [1.82, 2.24) is 0 Å². The Morgan fingerprint density at radius 2 is 0.849 bits per heavy atom. The summed E-state index contributed by atoms with van der Waals surface area (Å²) in [5, 5.41) is 0. The Bertz CT molecular complexity index is 2320. The van der Waals surface area contributed by atoms with E-state index >= 15 is 35.1 Å². The van der Waals surface area contributed by atoms with Gasteiger partial charge in [-0.3, -0.25) is 4.99 Å². The second-order valence-electron chi connectivity index (χ2n) is 12.5. The van der Waals surface area contributed by atoms with Crippen LogP contribution in [0.2, 0.25) is 0 Å². The van der Waals surface area contributed by atoms with Crippen LogP contribution in [0.1, 0.15) is 28.3 Å². The van der Waals surface area contributed by atoms with Crippen LogP contribution in [0.5, 0.6) is 0 Å². The van der Waals surface area contributed by atoms with Crippen LogP contribution in [-0.2, 0) is 0 Å². The number of aryl methyl sites for hydroxylation is 2. The van der Waals surface area contributed by atoms with Crippen molar-refractivity contribution >= 4 is 34.9 Å². The molecular formula is C40H23BF10N2. The van der Waals surface area contributed by atoms with Crippen molar-refractivity contribution in [3.63, 3.8) is 0 Å². The van der Waals surface area contributed by atoms with Crippen LogP contribution < -0.4 is 15.7 Å². The SMILES string of the molecule is Cc1ccc(N=C2c3ccccc3-c3ccccc3C2N(B(c2c(F)c(F)c(F)c(F)c2F)c2c(F)c(F)c(F)c(F)c2F)c2ccc(C)cc2)cc1. The lowest BCUT2D eigenvalue weighted by Crippen LogP contribution is -2.64. The quantitative estimate of drug-likeness (QED) is 0.0721. The van der Waals surface area contributed by atoms with Crippen molar-refractivity contribution < 1.29 is 43.9 Å². The maximum atomic E-state index is 16.1. The van der Waals surface area contributed by atoms with Crippen molar-refractivity contribution in [3.05, 3.63) is 177 Å². The van der Waals surface area contributed by atoms with Gasteiger partial charge in [0.05, 0.1) is 17.4 Å². The number of nitrogens with zero attached hydrogens (tertiary/aromatic N) is 2. The Balaban J connectivity index is 1.69. The molecule has 0 aromatic heterocycles. The van der Waals surface area contributed by atoms with Gasteiger partial charge in [0.1, 0.15) is 0 Å². The summed E-state index contributed by atoms with van der Waals surface area (Å²) in [4.78, 5) is 5.76. The van der Waals surface area contributed by atoms with Crippen LogP contribution in [0.4, 0.5) is 55.3 Å². The Labute approximate surface area is 296 Å². The molecule has 6 aromatic rings. The van der Waals surface area contributed by atoms with Crippen molar-refractivity contribution in [2.24, 2.45) is 4.99 Å². The van der Waals surface area contributed by atoms with Gasteiger partial charge < -0.3 is 4.81 Å². The summed E-state index contributed by atoms with van der Waals surface area (Å²) >= 11 is 0. The summed E-state index contributed by atoms with van der Waals surface area (Å²) in [6.45, 7) is 0.582. The minimum absolute atomic E-state index is 0.0569. The zero-order valence-electron chi connectivity index (χ0n) is 27.6. The van der Waals surface area contributed by atoms with E-state index in [0.29, 0.717) is 27.9 Å². The number of hydrogen-bond donors (Lipinski definition) is 0. The summed E-state index contributed by atoms with van der Waals surface area (Å²) in [5.41, 5.74) is -0.312. The minimum atomic E-state index is -2.90. The molecule has 1 atom stereocenters. The van der Waals surface area contributed by atoms with E-state index in [-0.39, 0.29) is 17.0 Å². The monoisotopic (exact) mass is 732 g/mol. The molecule has 266 valence electrons. The smallest absolute Gasteiger partial charge is 0.337 e. The van der Waals surface area contributed by atoms with Gasteiger partial charge in [0.2, 0.25) is 0 Å². The number of anilines is 1. The summed E-state index contributed by atoms with van der Waals surface area (Å²) < 4.78 is 154. The van der Waals surface area contributed by atoms with E-state index in [2.05, 4.69) is 0 Å². The summed E-state index contributed by atoms with van der Waals surface area (Å²) in [7, 11) is 0. The van der Waals surface area contributed by atoms with Crippen LogP contribution in [0.15, 0.2) is 102 Å². The van der Waals surface area contributed by atoms with Crippen molar-refractivity contribution in [1.29, 1.82) is 0 Å². The normalized spacial score (nSPS) is 14.3. The molecule has 6 aromatic carbocycles. The first kappa shape index (κ1) is 35.6. The van der Waals surface area contributed by atoms with Gasteiger partial charge in [0.25, 0.3) is 0 Å². The highest BCUT2D eigenvalue weighted by atomic mass is 19.2. The third kappa shape index (κ3) is 5.84. The summed E-state index contributed by atoms with van der Waals surface area (Å²) in [6.07, 6.45) is 0. The molecule has 53 heavy (non-hydrogen) atoms. The molecule has 0 amide bonds. The Morgan fingerprint density at radius 3 is 1.34 bits per heavy atom. The Morgan fingerprint density at radius 1 is 0.453 bits per heavy atom.